The van der Waals surface area contributed by atoms with E-state index in [0.717, 1.165) is 31.6 Å². The molecule has 31 heavy (non-hydrogen) atoms. The van der Waals surface area contributed by atoms with Gasteiger partial charge in [-0.2, -0.15) is 0 Å². The van der Waals surface area contributed by atoms with Crippen molar-refractivity contribution in [2.45, 2.75) is 26.3 Å². The molecular formula is C24H29N3O4. The van der Waals surface area contributed by atoms with Gasteiger partial charge in [-0.1, -0.05) is 26.0 Å². The number of aliphatic hydroxyl groups excluding tert-OH is 1. The number of carbonyl (C=O) groups is 2. The van der Waals surface area contributed by atoms with Gasteiger partial charge in [0.15, 0.2) is 0 Å². The Kier molecular flexibility index (Phi) is 7.41. The smallest absolute Gasteiger partial charge is 0.295 e. The van der Waals surface area contributed by atoms with E-state index in [1.807, 2.05) is 12.1 Å². The maximum atomic E-state index is 13.0. The number of methoxy groups -OCH3 is 1. The van der Waals surface area contributed by atoms with Crippen molar-refractivity contribution in [2.24, 2.45) is 0 Å². The summed E-state index contributed by atoms with van der Waals surface area (Å²) in [5, 5.41) is 11.0. The topological polar surface area (TPSA) is 83.0 Å². The summed E-state index contributed by atoms with van der Waals surface area (Å²) in [5.41, 5.74) is 1.30. The number of aliphatic hydroxyl groups is 1. The van der Waals surface area contributed by atoms with Crippen LogP contribution in [0, 0.1) is 0 Å². The first kappa shape index (κ1) is 22.5. The van der Waals surface area contributed by atoms with Gasteiger partial charge in [0.25, 0.3) is 11.7 Å². The Morgan fingerprint density at radius 3 is 2.32 bits per heavy atom. The van der Waals surface area contributed by atoms with E-state index in [4.69, 9.17) is 4.74 Å². The van der Waals surface area contributed by atoms with Gasteiger partial charge in [-0.05, 0) is 55.9 Å². The molecule has 2 heterocycles. The highest BCUT2D eigenvalue weighted by Crippen LogP contribution is 2.39. The summed E-state index contributed by atoms with van der Waals surface area (Å²) in [7, 11) is 1.58. The Hall–Kier alpha value is -3.19. The highest BCUT2D eigenvalue weighted by Gasteiger charge is 2.45. The molecule has 1 aromatic heterocycles. The molecule has 0 radical (unpaired) electrons. The lowest BCUT2D eigenvalue weighted by Gasteiger charge is -2.27. The van der Waals surface area contributed by atoms with Crippen LogP contribution in [0.5, 0.6) is 5.75 Å². The third-order valence-corrected chi connectivity index (χ3v) is 5.69. The van der Waals surface area contributed by atoms with Crippen molar-refractivity contribution in [3.8, 4) is 5.75 Å². The molecule has 164 valence electrons. The molecular weight excluding hydrogens is 394 g/mol. The number of amides is 1. The second kappa shape index (κ2) is 10.2. The van der Waals surface area contributed by atoms with Gasteiger partial charge < -0.3 is 19.6 Å². The number of nitrogens with zero attached hydrogens (tertiary/aromatic N) is 3. The van der Waals surface area contributed by atoms with Crippen molar-refractivity contribution in [1.82, 2.24) is 14.8 Å². The van der Waals surface area contributed by atoms with Crippen molar-refractivity contribution < 1.29 is 19.4 Å². The average Bonchev–Trinajstić information content (AvgIpc) is 3.07. The number of benzene rings is 1. The number of Topliss-reactive ketones (excluding diaryl/α,β-unsaturated/α-hetero) is 1. The van der Waals surface area contributed by atoms with Crippen molar-refractivity contribution in [1.29, 1.82) is 0 Å². The molecule has 7 heteroatoms. The van der Waals surface area contributed by atoms with Crippen LogP contribution in [0.4, 0.5) is 0 Å². The molecule has 2 aromatic rings. The van der Waals surface area contributed by atoms with Crippen molar-refractivity contribution in [3.05, 3.63) is 65.5 Å². The lowest BCUT2D eigenvalue weighted by molar-refractivity contribution is -0.140. The van der Waals surface area contributed by atoms with Crippen molar-refractivity contribution in [3.63, 3.8) is 0 Å². The Morgan fingerprint density at radius 2 is 1.74 bits per heavy atom. The fraction of sp³-hybridized carbons (Fsp3) is 0.375. The van der Waals surface area contributed by atoms with E-state index in [-0.39, 0.29) is 11.3 Å². The third kappa shape index (κ3) is 4.77. The summed E-state index contributed by atoms with van der Waals surface area (Å²) >= 11 is 0. The summed E-state index contributed by atoms with van der Waals surface area (Å²) in [5.74, 6) is -0.766. The van der Waals surface area contributed by atoms with Crippen LogP contribution < -0.4 is 4.74 Å². The predicted octanol–water partition coefficient (Wildman–Crippen LogP) is 3.24. The van der Waals surface area contributed by atoms with Gasteiger partial charge in [-0.25, -0.2) is 0 Å². The quantitative estimate of drug-likeness (QED) is 0.379. The van der Waals surface area contributed by atoms with Crippen LogP contribution in [0.1, 0.15) is 37.4 Å². The van der Waals surface area contributed by atoms with Crippen LogP contribution in [-0.4, -0.2) is 64.9 Å². The highest BCUT2D eigenvalue weighted by atomic mass is 16.5. The fourth-order valence-electron chi connectivity index (χ4n) is 3.91. The van der Waals surface area contributed by atoms with Gasteiger partial charge >= 0.3 is 0 Å². The standard InChI is InChI=1S/C24H29N3O4/c1-4-26(5-2)15-6-16-27-21(17-7-9-19(31-3)10-8-17)20(23(29)24(27)30)22(28)18-11-13-25-14-12-18/h7-14,21,28H,4-6,15-16H2,1-3H3/b22-20+. The van der Waals surface area contributed by atoms with Crippen molar-refractivity contribution >= 4 is 17.4 Å². The van der Waals surface area contributed by atoms with E-state index in [9.17, 15) is 14.7 Å². The van der Waals surface area contributed by atoms with E-state index in [0.29, 0.717) is 17.9 Å². The third-order valence-electron chi connectivity index (χ3n) is 5.69. The molecule has 1 unspecified atom stereocenters. The van der Waals surface area contributed by atoms with E-state index >= 15 is 0 Å². The number of hydrogen-bond donors (Lipinski definition) is 1. The first-order chi connectivity index (χ1) is 15.0. The molecule has 0 bridgehead atoms. The summed E-state index contributed by atoms with van der Waals surface area (Å²) in [6, 6.07) is 9.81. The van der Waals surface area contributed by atoms with Crippen LogP contribution in [0.3, 0.4) is 0 Å². The number of hydrogen-bond acceptors (Lipinski definition) is 6. The minimum Gasteiger partial charge on any atom is -0.507 e. The molecule has 0 aliphatic carbocycles. The van der Waals surface area contributed by atoms with Crippen LogP contribution in [0.2, 0.25) is 0 Å². The van der Waals surface area contributed by atoms with Crippen LogP contribution in [-0.2, 0) is 9.59 Å². The number of rotatable bonds is 9. The molecule has 0 saturated carbocycles. The number of ketones is 1. The zero-order valence-electron chi connectivity index (χ0n) is 18.2. The molecule has 1 N–H and O–H groups in total. The van der Waals surface area contributed by atoms with E-state index < -0.39 is 17.7 Å². The second-order valence-electron chi connectivity index (χ2n) is 7.38. The van der Waals surface area contributed by atoms with Gasteiger partial charge in [0.05, 0.1) is 18.7 Å². The van der Waals surface area contributed by atoms with E-state index in [2.05, 4.69) is 23.7 Å². The highest BCUT2D eigenvalue weighted by molar-refractivity contribution is 6.46. The number of pyridine rings is 1. The first-order valence-electron chi connectivity index (χ1n) is 10.6. The Morgan fingerprint density at radius 1 is 1.10 bits per heavy atom. The van der Waals surface area contributed by atoms with Gasteiger partial charge in [0, 0.05) is 24.5 Å². The molecule has 7 nitrogen and oxygen atoms in total. The number of ether oxygens (including phenoxy) is 1. The van der Waals surface area contributed by atoms with Gasteiger partial charge in [-0.3, -0.25) is 14.6 Å². The number of likely N-dealkylation sites (tertiary alicyclic amines) is 1. The summed E-state index contributed by atoms with van der Waals surface area (Å²) in [6.07, 6.45) is 3.81. The maximum Gasteiger partial charge on any atom is 0.295 e. The van der Waals surface area contributed by atoms with Gasteiger partial charge in [0.1, 0.15) is 11.5 Å². The minimum absolute atomic E-state index is 0.101. The lowest BCUT2D eigenvalue weighted by Crippen LogP contribution is -2.33. The number of aromatic nitrogens is 1. The molecule has 1 fully saturated rings. The molecule has 1 amide bonds. The summed E-state index contributed by atoms with van der Waals surface area (Å²) < 4.78 is 5.24. The Balaban J connectivity index is 2.00. The number of carbonyl (C=O) groups excluding carboxylic acids is 2. The zero-order chi connectivity index (χ0) is 22.4. The van der Waals surface area contributed by atoms with Gasteiger partial charge in [0.2, 0.25) is 0 Å². The SMILES string of the molecule is CCN(CC)CCCN1C(=O)C(=O)/C(=C(/O)c2ccncc2)C1c1ccc(OC)cc1. The van der Waals surface area contributed by atoms with Crippen LogP contribution >= 0.6 is 0 Å². The van der Waals surface area contributed by atoms with Gasteiger partial charge in [-0.15, -0.1) is 0 Å². The fourth-order valence-corrected chi connectivity index (χ4v) is 3.91. The molecule has 1 aromatic carbocycles. The molecule has 0 spiro atoms. The Labute approximate surface area is 183 Å². The monoisotopic (exact) mass is 423 g/mol. The van der Waals surface area contributed by atoms with Crippen LogP contribution in [0.25, 0.3) is 5.76 Å². The Bertz CT molecular complexity index is 937. The van der Waals surface area contributed by atoms with E-state index in [1.54, 1.807) is 36.3 Å². The molecule has 1 aliphatic rings. The normalized spacial score (nSPS) is 18.1. The second-order valence-corrected chi connectivity index (χ2v) is 7.38. The van der Waals surface area contributed by atoms with Crippen LogP contribution in [0.15, 0.2) is 54.4 Å². The first-order valence-corrected chi connectivity index (χ1v) is 10.6. The largest absolute Gasteiger partial charge is 0.507 e. The molecule has 1 saturated heterocycles. The molecule has 1 aliphatic heterocycles. The predicted molar refractivity (Wildman–Crippen MR) is 119 cm³/mol. The molecule has 3 rings (SSSR count). The zero-order valence-corrected chi connectivity index (χ0v) is 18.2. The summed E-state index contributed by atoms with van der Waals surface area (Å²) in [6.45, 7) is 7.31. The minimum atomic E-state index is -0.669. The summed E-state index contributed by atoms with van der Waals surface area (Å²) in [4.78, 5) is 33.7. The van der Waals surface area contributed by atoms with E-state index in [1.165, 1.54) is 12.4 Å². The molecule has 1 atom stereocenters. The van der Waals surface area contributed by atoms with Crippen molar-refractivity contribution in [2.75, 3.05) is 33.3 Å². The maximum absolute atomic E-state index is 13.0. The lowest BCUT2D eigenvalue weighted by atomic mass is 9.95. The average molecular weight is 424 g/mol.